The molecule has 1 aliphatic heterocycles. The highest BCUT2D eigenvalue weighted by molar-refractivity contribution is 6.06. The second-order valence-electron chi connectivity index (χ2n) is 8.51. The third-order valence-electron chi connectivity index (χ3n) is 6.59. The molecule has 1 N–H and O–H groups in total. The molecule has 28 heavy (non-hydrogen) atoms. The Bertz CT molecular complexity index is 769. The summed E-state index contributed by atoms with van der Waals surface area (Å²) in [5, 5.41) is 2.52. The lowest BCUT2D eigenvalue weighted by Crippen LogP contribution is -2.40. The second-order valence-corrected chi connectivity index (χ2v) is 8.51. The van der Waals surface area contributed by atoms with Crippen LogP contribution in [-0.2, 0) is 14.3 Å². The van der Waals surface area contributed by atoms with E-state index in [1.165, 1.54) is 0 Å². The smallest absolute Gasteiger partial charge is 0.338 e. The quantitative estimate of drug-likeness (QED) is 0.579. The summed E-state index contributed by atoms with van der Waals surface area (Å²) in [5.74, 6) is -1.34. The molecule has 3 aliphatic rings. The Hall–Kier alpha value is -1.92. The molecule has 3 fully saturated rings. The number of hydrogen-bond donors (Lipinski definition) is 1. The Morgan fingerprint density at radius 1 is 1.18 bits per heavy atom. The van der Waals surface area contributed by atoms with Crippen molar-refractivity contribution >= 4 is 30.2 Å². The Morgan fingerprint density at radius 3 is 2.57 bits per heavy atom. The summed E-state index contributed by atoms with van der Waals surface area (Å²) < 4.78 is 5.83. The molecular weight excluding hydrogens is 380 g/mol. The summed E-state index contributed by atoms with van der Waals surface area (Å²) in [5.41, 5.74) is 0.286. The highest BCUT2D eigenvalue weighted by Gasteiger charge is 2.69. The van der Waals surface area contributed by atoms with Crippen molar-refractivity contribution in [2.45, 2.75) is 31.8 Å². The van der Waals surface area contributed by atoms with E-state index < -0.39 is 0 Å². The van der Waals surface area contributed by atoms with E-state index >= 15 is 0 Å². The molecule has 7 heteroatoms. The Morgan fingerprint density at radius 2 is 1.89 bits per heavy atom. The van der Waals surface area contributed by atoms with E-state index in [2.05, 4.69) is 10.2 Å². The first kappa shape index (κ1) is 20.8. The second kappa shape index (κ2) is 7.84. The van der Waals surface area contributed by atoms with Gasteiger partial charge in [-0.25, -0.2) is 4.79 Å². The summed E-state index contributed by atoms with van der Waals surface area (Å²) in [6.07, 6.45) is 3.01. The number of carbonyl (C=O) groups is 3. The monoisotopic (exact) mass is 406 g/mol. The van der Waals surface area contributed by atoms with E-state index in [1.807, 2.05) is 20.2 Å². The summed E-state index contributed by atoms with van der Waals surface area (Å²) in [6, 6.07) is 8.93. The van der Waals surface area contributed by atoms with Gasteiger partial charge in [-0.2, -0.15) is 0 Å². The number of nitrogens with zero attached hydrogens (tertiary/aromatic N) is 1. The van der Waals surface area contributed by atoms with Crippen molar-refractivity contribution in [3.8, 4) is 0 Å². The van der Waals surface area contributed by atoms with Gasteiger partial charge in [0.25, 0.3) is 0 Å². The molecule has 1 heterocycles. The summed E-state index contributed by atoms with van der Waals surface area (Å²) in [4.78, 5) is 39.5. The Kier molecular flexibility index (Phi) is 5.82. The zero-order valence-corrected chi connectivity index (χ0v) is 17.0. The van der Waals surface area contributed by atoms with Gasteiger partial charge in [0.05, 0.1) is 17.4 Å². The third-order valence-corrected chi connectivity index (χ3v) is 6.59. The maximum Gasteiger partial charge on any atom is 0.338 e. The van der Waals surface area contributed by atoms with Crippen LogP contribution in [0.25, 0.3) is 0 Å². The molecule has 2 bridgehead atoms. The molecule has 6 nitrogen and oxygen atoms in total. The van der Waals surface area contributed by atoms with E-state index in [0.29, 0.717) is 12.0 Å². The number of hydrogen-bond acceptors (Lipinski definition) is 5. The summed E-state index contributed by atoms with van der Waals surface area (Å²) >= 11 is 0. The van der Waals surface area contributed by atoms with Crippen molar-refractivity contribution in [1.82, 2.24) is 10.2 Å². The first-order chi connectivity index (χ1) is 12.9. The van der Waals surface area contributed by atoms with Gasteiger partial charge in [0, 0.05) is 5.92 Å². The number of carbonyl (C=O) groups excluding carboxylic acids is 3. The Labute approximate surface area is 171 Å². The highest BCUT2D eigenvalue weighted by atomic mass is 35.5. The lowest BCUT2D eigenvalue weighted by molar-refractivity contribution is -0.127. The van der Waals surface area contributed by atoms with E-state index in [-0.39, 0.29) is 59.5 Å². The zero-order valence-electron chi connectivity index (χ0n) is 16.2. The molecule has 0 aromatic heterocycles. The largest absolute Gasteiger partial charge is 0.458 e. The van der Waals surface area contributed by atoms with Crippen molar-refractivity contribution in [2.24, 2.45) is 23.2 Å². The molecule has 5 unspecified atom stereocenters. The molecule has 152 valence electrons. The molecule has 0 radical (unpaired) electrons. The third kappa shape index (κ3) is 3.44. The first-order valence-corrected chi connectivity index (χ1v) is 9.67. The highest BCUT2D eigenvalue weighted by Crippen LogP contribution is 2.64. The number of nitrogens with one attached hydrogen (secondary N) is 1. The van der Waals surface area contributed by atoms with E-state index in [4.69, 9.17) is 4.74 Å². The van der Waals surface area contributed by atoms with Crippen molar-refractivity contribution in [2.75, 3.05) is 20.6 Å². The standard InChI is InChI=1S/C21H26N2O4.ClH/c1-23(2)10-6-9-21-11-14(16-17(21)19(25)22-18(16)24)15(12-21)27-20(26)13-7-4-3-5-8-13;/h3-5,7-8,14-17H,6,9-12H2,1-2H3,(H,22,24,25);1H. The van der Waals surface area contributed by atoms with Crippen LogP contribution in [-0.4, -0.2) is 49.4 Å². The van der Waals surface area contributed by atoms with Gasteiger partial charge in [0.1, 0.15) is 6.10 Å². The number of esters is 1. The topological polar surface area (TPSA) is 75.7 Å². The van der Waals surface area contributed by atoms with Gasteiger partial charge in [0.15, 0.2) is 0 Å². The van der Waals surface area contributed by atoms with Crippen LogP contribution in [0.1, 0.15) is 36.0 Å². The van der Waals surface area contributed by atoms with Crippen LogP contribution in [0.3, 0.4) is 0 Å². The number of ether oxygens (including phenoxy) is 1. The van der Waals surface area contributed by atoms with Crippen LogP contribution in [0.4, 0.5) is 0 Å². The zero-order chi connectivity index (χ0) is 19.2. The van der Waals surface area contributed by atoms with Gasteiger partial charge < -0.3 is 9.64 Å². The van der Waals surface area contributed by atoms with E-state index in [9.17, 15) is 14.4 Å². The maximum absolute atomic E-state index is 12.5. The molecule has 0 spiro atoms. The number of imide groups is 1. The fourth-order valence-corrected chi connectivity index (χ4v) is 5.56. The normalized spacial score (nSPS) is 32.8. The molecular formula is C21H27ClN2O4. The lowest BCUT2D eigenvalue weighted by Gasteiger charge is -2.36. The van der Waals surface area contributed by atoms with Crippen LogP contribution in [0.2, 0.25) is 0 Å². The minimum atomic E-state index is -0.349. The van der Waals surface area contributed by atoms with Gasteiger partial charge in [-0.1, -0.05) is 18.2 Å². The van der Waals surface area contributed by atoms with Gasteiger partial charge >= 0.3 is 5.97 Å². The van der Waals surface area contributed by atoms with E-state index in [1.54, 1.807) is 24.3 Å². The van der Waals surface area contributed by atoms with Crippen molar-refractivity contribution in [3.05, 3.63) is 35.9 Å². The van der Waals surface area contributed by atoms with E-state index in [0.717, 1.165) is 25.8 Å². The van der Waals surface area contributed by atoms with Crippen LogP contribution in [0.5, 0.6) is 0 Å². The average molecular weight is 407 g/mol. The van der Waals surface area contributed by atoms with Gasteiger partial charge in [0.2, 0.25) is 11.8 Å². The van der Waals surface area contributed by atoms with Crippen molar-refractivity contribution in [1.29, 1.82) is 0 Å². The Balaban J connectivity index is 0.00000225. The fourth-order valence-electron chi connectivity index (χ4n) is 5.56. The fraction of sp³-hybridized carbons (Fsp3) is 0.571. The number of rotatable bonds is 6. The minimum Gasteiger partial charge on any atom is -0.458 e. The molecule has 1 aromatic rings. The number of halogens is 1. The SMILES string of the molecule is CN(C)CCCC12CC(OC(=O)c3ccccc3)C(C1)C1C(=O)NC(=O)C12.Cl. The van der Waals surface area contributed by atoms with Gasteiger partial charge in [-0.3, -0.25) is 14.9 Å². The average Bonchev–Trinajstić information content (AvgIpc) is 3.24. The molecule has 2 amide bonds. The van der Waals surface area contributed by atoms with Gasteiger partial charge in [-0.05, 0) is 63.9 Å². The molecule has 4 rings (SSSR count). The van der Waals surface area contributed by atoms with Crippen LogP contribution in [0.15, 0.2) is 30.3 Å². The van der Waals surface area contributed by atoms with Crippen molar-refractivity contribution < 1.29 is 19.1 Å². The molecule has 2 aliphatic carbocycles. The lowest BCUT2D eigenvalue weighted by atomic mass is 9.68. The maximum atomic E-state index is 12.5. The van der Waals surface area contributed by atoms with Crippen LogP contribution >= 0.6 is 12.4 Å². The first-order valence-electron chi connectivity index (χ1n) is 9.67. The van der Waals surface area contributed by atoms with Gasteiger partial charge in [-0.15, -0.1) is 12.4 Å². The molecule has 1 saturated heterocycles. The molecule has 1 aromatic carbocycles. The summed E-state index contributed by atoms with van der Waals surface area (Å²) in [7, 11) is 4.06. The number of benzene rings is 1. The molecule has 5 atom stereocenters. The predicted octanol–water partition coefficient (Wildman–Crippen LogP) is 2.27. The van der Waals surface area contributed by atoms with Crippen LogP contribution in [0, 0.1) is 23.2 Å². The predicted molar refractivity (Wildman–Crippen MR) is 106 cm³/mol. The van der Waals surface area contributed by atoms with Crippen LogP contribution < -0.4 is 5.32 Å². The summed E-state index contributed by atoms with van der Waals surface area (Å²) in [6.45, 7) is 0.938. The number of amides is 2. The minimum absolute atomic E-state index is 0. The molecule has 2 saturated carbocycles. The number of fused-ring (bicyclic) bond motifs is 5. The van der Waals surface area contributed by atoms with Crippen molar-refractivity contribution in [3.63, 3.8) is 0 Å².